The molecular formula is C10H16O7. The van der Waals surface area contributed by atoms with Crippen LogP contribution in [-0.4, -0.2) is 51.7 Å². The first kappa shape index (κ1) is 17.7. The van der Waals surface area contributed by atoms with E-state index in [0.29, 0.717) is 0 Å². The van der Waals surface area contributed by atoms with Crippen molar-refractivity contribution in [3.63, 3.8) is 0 Å². The number of hydrogen-bond donors (Lipinski definition) is 4. The molecule has 0 amide bonds. The fraction of sp³-hybridized carbons (Fsp3) is 0.400. The molecule has 0 fully saturated rings. The van der Waals surface area contributed by atoms with E-state index in [-0.39, 0.29) is 18.8 Å². The molecule has 0 aromatic heterocycles. The molecule has 0 aliphatic heterocycles. The molecule has 4 N–H and O–H groups in total. The second-order valence-corrected chi connectivity index (χ2v) is 2.77. The van der Waals surface area contributed by atoms with E-state index in [2.05, 4.69) is 11.3 Å². The van der Waals surface area contributed by atoms with Gasteiger partial charge in [-0.15, -0.1) is 0 Å². The number of aliphatic carboxylic acids is 1. The predicted molar refractivity (Wildman–Crippen MR) is 57.9 cm³/mol. The van der Waals surface area contributed by atoms with Gasteiger partial charge in [-0.2, -0.15) is 0 Å². The van der Waals surface area contributed by atoms with Crippen molar-refractivity contribution in [1.29, 1.82) is 0 Å². The highest BCUT2D eigenvalue weighted by molar-refractivity contribution is 5.87. The Balaban J connectivity index is 0. The maximum absolute atomic E-state index is 10.4. The van der Waals surface area contributed by atoms with Gasteiger partial charge in [0, 0.05) is 6.08 Å². The second-order valence-electron chi connectivity index (χ2n) is 2.77. The van der Waals surface area contributed by atoms with Gasteiger partial charge in [0.15, 0.2) is 0 Å². The van der Waals surface area contributed by atoms with Crippen LogP contribution in [0.2, 0.25) is 0 Å². The Bertz CT molecular complexity index is 278. The molecule has 7 heteroatoms. The number of aliphatic hydroxyl groups excluding tert-OH is 3. The predicted octanol–water partition coefficient (Wildman–Crippen LogP) is -0.964. The van der Waals surface area contributed by atoms with E-state index < -0.39 is 18.0 Å². The first-order valence-electron chi connectivity index (χ1n) is 4.51. The number of ether oxygens (including phenoxy) is 1. The van der Waals surface area contributed by atoms with Crippen LogP contribution >= 0.6 is 0 Å². The normalized spacial score (nSPS) is 10.3. The van der Waals surface area contributed by atoms with Crippen LogP contribution in [0.25, 0.3) is 0 Å². The Morgan fingerprint density at radius 1 is 1.35 bits per heavy atom. The minimum atomic E-state index is -1.12. The van der Waals surface area contributed by atoms with E-state index in [4.69, 9.17) is 20.4 Å². The molecule has 7 nitrogen and oxygen atoms in total. The van der Waals surface area contributed by atoms with E-state index in [9.17, 15) is 9.59 Å². The molecule has 0 saturated carbocycles. The number of hydrogen-bond acceptors (Lipinski definition) is 6. The van der Waals surface area contributed by atoms with Crippen LogP contribution in [-0.2, 0) is 14.3 Å². The third-order valence-electron chi connectivity index (χ3n) is 1.28. The van der Waals surface area contributed by atoms with Gasteiger partial charge in [-0.05, 0) is 6.92 Å². The third-order valence-corrected chi connectivity index (χ3v) is 1.28. The highest BCUT2D eigenvalue weighted by atomic mass is 16.5. The lowest BCUT2D eigenvalue weighted by Gasteiger charge is -1.96. The SMILES string of the molecule is C=CC(=O)OC=C(C)C(=O)O.OCC(O)CO. The van der Waals surface area contributed by atoms with Crippen molar-refractivity contribution in [2.24, 2.45) is 0 Å². The zero-order valence-corrected chi connectivity index (χ0v) is 9.37. The van der Waals surface area contributed by atoms with E-state index in [0.717, 1.165) is 12.3 Å². The Kier molecular flexibility index (Phi) is 11.2. The van der Waals surface area contributed by atoms with Crippen molar-refractivity contribution in [3.05, 3.63) is 24.5 Å². The minimum absolute atomic E-state index is 0.0415. The lowest BCUT2D eigenvalue weighted by molar-refractivity contribution is -0.133. The number of esters is 1. The van der Waals surface area contributed by atoms with Gasteiger partial charge in [0.25, 0.3) is 0 Å². The Hall–Kier alpha value is -1.70. The first-order valence-corrected chi connectivity index (χ1v) is 4.51. The summed E-state index contributed by atoms with van der Waals surface area (Å²) in [6.07, 6.45) is 0.864. The molecule has 0 bridgehead atoms. The van der Waals surface area contributed by atoms with E-state index in [1.165, 1.54) is 6.92 Å². The molecule has 0 heterocycles. The number of carbonyl (C=O) groups is 2. The van der Waals surface area contributed by atoms with Crippen molar-refractivity contribution in [3.8, 4) is 0 Å². The van der Waals surface area contributed by atoms with E-state index >= 15 is 0 Å². The summed E-state index contributed by atoms with van der Waals surface area (Å²) in [7, 11) is 0. The number of carboxylic acid groups (broad SMARTS) is 1. The Morgan fingerprint density at radius 2 is 1.82 bits per heavy atom. The smallest absolute Gasteiger partial charge is 0.334 e. The summed E-state index contributed by atoms with van der Waals surface area (Å²) in [6.45, 7) is 3.72. The second kappa shape index (κ2) is 10.8. The average molecular weight is 248 g/mol. The maximum Gasteiger partial charge on any atom is 0.334 e. The molecule has 0 atom stereocenters. The molecule has 0 aliphatic carbocycles. The number of carbonyl (C=O) groups excluding carboxylic acids is 1. The minimum Gasteiger partial charge on any atom is -0.478 e. The largest absolute Gasteiger partial charge is 0.478 e. The summed E-state index contributed by atoms with van der Waals surface area (Å²) in [6, 6.07) is 0. The molecule has 0 rings (SSSR count). The summed E-state index contributed by atoms with van der Waals surface area (Å²) in [5, 5.41) is 32.3. The molecular weight excluding hydrogens is 232 g/mol. The van der Waals surface area contributed by atoms with Gasteiger partial charge in [0.2, 0.25) is 0 Å². The summed E-state index contributed by atoms with van der Waals surface area (Å²) >= 11 is 0. The standard InChI is InChI=1S/C7H8O4.C3H8O3/c1-3-6(8)11-4-5(2)7(9)10;4-1-3(6)2-5/h3-4H,1H2,2H3,(H,9,10);3-6H,1-2H2. The van der Waals surface area contributed by atoms with Crippen molar-refractivity contribution >= 4 is 11.9 Å². The quantitative estimate of drug-likeness (QED) is 0.280. The maximum atomic E-state index is 10.4. The van der Waals surface area contributed by atoms with Crippen LogP contribution < -0.4 is 0 Å². The average Bonchev–Trinajstić information content (AvgIpc) is 2.34. The zero-order valence-electron chi connectivity index (χ0n) is 9.37. The van der Waals surface area contributed by atoms with Crippen molar-refractivity contribution in [2.75, 3.05) is 13.2 Å². The van der Waals surface area contributed by atoms with Crippen molar-refractivity contribution in [1.82, 2.24) is 0 Å². The lowest BCUT2D eigenvalue weighted by atomic mass is 10.3. The van der Waals surface area contributed by atoms with Crippen LogP contribution in [0.3, 0.4) is 0 Å². The number of aliphatic hydroxyl groups is 3. The Labute approximate surface area is 98.3 Å². The van der Waals surface area contributed by atoms with E-state index in [1.54, 1.807) is 0 Å². The summed E-state index contributed by atoms with van der Waals surface area (Å²) in [4.78, 5) is 20.5. The third kappa shape index (κ3) is 12.2. The van der Waals surface area contributed by atoms with Gasteiger partial charge < -0.3 is 25.2 Å². The molecule has 0 aromatic rings. The first-order chi connectivity index (χ1) is 7.88. The van der Waals surface area contributed by atoms with Gasteiger partial charge in [-0.3, -0.25) is 0 Å². The molecule has 0 aliphatic rings. The van der Waals surface area contributed by atoms with Crippen LogP contribution in [0.15, 0.2) is 24.5 Å². The fourth-order valence-electron chi connectivity index (χ4n) is 0.303. The molecule has 17 heavy (non-hydrogen) atoms. The number of rotatable bonds is 5. The van der Waals surface area contributed by atoms with E-state index in [1.807, 2.05) is 0 Å². The molecule has 0 spiro atoms. The van der Waals surface area contributed by atoms with Gasteiger partial charge in [0.1, 0.15) is 12.4 Å². The molecule has 0 radical (unpaired) electrons. The molecule has 0 unspecified atom stereocenters. The highest BCUT2D eigenvalue weighted by Crippen LogP contribution is 1.92. The lowest BCUT2D eigenvalue weighted by Crippen LogP contribution is -2.15. The molecule has 98 valence electrons. The van der Waals surface area contributed by atoms with Gasteiger partial charge >= 0.3 is 11.9 Å². The monoisotopic (exact) mass is 248 g/mol. The van der Waals surface area contributed by atoms with Gasteiger partial charge in [-0.1, -0.05) is 6.58 Å². The topological polar surface area (TPSA) is 124 Å². The molecule has 0 aromatic carbocycles. The van der Waals surface area contributed by atoms with Gasteiger partial charge in [-0.25, -0.2) is 9.59 Å². The highest BCUT2D eigenvalue weighted by Gasteiger charge is 2.00. The summed E-state index contributed by atoms with van der Waals surface area (Å²) < 4.78 is 4.31. The Morgan fingerprint density at radius 3 is 2.06 bits per heavy atom. The van der Waals surface area contributed by atoms with Crippen LogP contribution in [0, 0.1) is 0 Å². The molecule has 0 saturated heterocycles. The van der Waals surface area contributed by atoms with Crippen LogP contribution in [0.5, 0.6) is 0 Å². The summed E-state index contributed by atoms with van der Waals surface area (Å²) in [5.41, 5.74) is -0.0415. The van der Waals surface area contributed by atoms with Crippen LogP contribution in [0.1, 0.15) is 6.92 Å². The van der Waals surface area contributed by atoms with Crippen molar-refractivity contribution < 1.29 is 34.8 Å². The van der Waals surface area contributed by atoms with Crippen molar-refractivity contribution in [2.45, 2.75) is 13.0 Å². The zero-order chi connectivity index (χ0) is 13.8. The van der Waals surface area contributed by atoms with Gasteiger partial charge in [0.05, 0.1) is 18.8 Å². The fourth-order valence-corrected chi connectivity index (χ4v) is 0.303. The number of carboxylic acids is 1. The van der Waals surface area contributed by atoms with Crippen LogP contribution in [0.4, 0.5) is 0 Å². The summed E-state index contributed by atoms with van der Waals surface area (Å²) in [5.74, 6) is -1.80.